The van der Waals surface area contributed by atoms with Gasteiger partial charge in [-0.3, -0.25) is 0 Å². The van der Waals surface area contributed by atoms with Crippen LogP contribution in [0.5, 0.6) is 0 Å². The lowest BCUT2D eigenvalue weighted by atomic mass is 9.85. The molecule has 1 nitrogen and oxygen atoms in total. The zero-order valence-electron chi connectivity index (χ0n) is 9.99. The Kier molecular flexibility index (Phi) is 4.73. The van der Waals surface area contributed by atoms with Gasteiger partial charge in [0.2, 0.25) is 0 Å². The van der Waals surface area contributed by atoms with Crippen molar-refractivity contribution in [2.24, 2.45) is 5.92 Å². The Labute approximate surface area is 103 Å². The molecule has 0 radical (unpaired) electrons. The van der Waals surface area contributed by atoms with E-state index in [1.807, 2.05) is 11.8 Å². The maximum Gasteiger partial charge on any atom is 0.0411 e. The van der Waals surface area contributed by atoms with E-state index in [4.69, 9.17) is 0 Å². The first-order chi connectivity index (χ1) is 7.90. The molecule has 1 aliphatic rings. The van der Waals surface area contributed by atoms with Crippen molar-refractivity contribution in [2.75, 3.05) is 18.6 Å². The molecule has 0 aromatic heterocycles. The number of hydrogen-bond donors (Lipinski definition) is 1. The molecule has 2 rings (SSSR count). The number of nitrogens with one attached hydrogen (secondary N) is 1. The van der Waals surface area contributed by atoms with Crippen molar-refractivity contribution in [3.05, 3.63) is 35.9 Å². The van der Waals surface area contributed by atoms with Crippen LogP contribution in [0.3, 0.4) is 0 Å². The van der Waals surface area contributed by atoms with Gasteiger partial charge in [-0.05, 0) is 37.1 Å². The quantitative estimate of drug-likeness (QED) is 0.810. The van der Waals surface area contributed by atoms with Gasteiger partial charge in [-0.25, -0.2) is 0 Å². The van der Waals surface area contributed by atoms with Crippen LogP contribution in [0.15, 0.2) is 30.3 Å². The highest BCUT2D eigenvalue weighted by molar-refractivity contribution is 7.98. The van der Waals surface area contributed by atoms with E-state index < -0.39 is 0 Å². The molecule has 0 spiro atoms. The number of thioether (sulfide) groups is 1. The zero-order valence-corrected chi connectivity index (χ0v) is 10.8. The van der Waals surface area contributed by atoms with Gasteiger partial charge in [0.1, 0.15) is 0 Å². The third-order valence-electron chi connectivity index (χ3n) is 3.41. The van der Waals surface area contributed by atoms with Crippen molar-refractivity contribution >= 4 is 11.8 Å². The normalized spacial score (nSPS) is 18.1. The molecule has 16 heavy (non-hydrogen) atoms. The van der Waals surface area contributed by atoms with E-state index in [9.17, 15) is 0 Å². The van der Waals surface area contributed by atoms with Crippen molar-refractivity contribution in [1.29, 1.82) is 0 Å². The summed E-state index contributed by atoms with van der Waals surface area (Å²) in [5.41, 5.74) is 1.43. The Morgan fingerprint density at radius 2 is 2.06 bits per heavy atom. The Morgan fingerprint density at radius 1 is 1.31 bits per heavy atom. The molecule has 1 aliphatic carbocycles. The highest BCUT2D eigenvalue weighted by atomic mass is 32.2. The fraction of sp³-hybridized carbons (Fsp3) is 0.571. The average molecular weight is 235 g/mol. The number of hydrogen-bond acceptors (Lipinski definition) is 2. The Balaban J connectivity index is 1.88. The Hall–Kier alpha value is -0.470. The van der Waals surface area contributed by atoms with Crippen LogP contribution >= 0.6 is 11.8 Å². The van der Waals surface area contributed by atoms with Gasteiger partial charge < -0.3 is 5.32 Å². The first kappa shape index (κ1) is 12.0. The number of benzene rings is 1. The second-order valence-corrected chi connectivity index (χ2v) is 5.53. The largest absolute Gasteiger partial charge is 0.309 e. The highest BCUT2D eigenvalue weighted by Crippen LogP contribution is 2.26. The van der Waals surface area contributed by atoms with Gasteiger partial charge in [-0.15, -0.1) is 0 Å². The van der Waals surface area contributed by atoms with Crippen molar-refractivity contribution in [2.45, 2.75) is 25.3 Å². The summed E-state index contributed by atoms with van der Waals surface area (Å²) in [5, 5.41) is 3.72. The third-order valence-corrected chi connectivity index (χ3v) is 4.08. The van der Waals surface area contributed by atoms with E-state index in [1.165, 1.54) is 31.4 Å². The van der Waals surface area contributed by atoms with Crippen molar-refractivity contribution in [3.8, 4) is 0 Å². The second-order valence-electron chi connectivity index (χ2n) is 4.62. The SMILES string of the molecule is CSCC(NCC1CCC1)c1ccccc1. The molecule has 0 aliphatic heterocycles. The van der Waals surface area contributed by atoms with Crippen LogP contribution in [0.1, 0.15) is 30.9 Å². The van der Waals surface area contributed by atoms with Gasteiger partial charge in [0.05, 0.1) is 0 Å². The second kappa shape index (κ2) is 6.31. The van der Waals surface area contributed by atoms with Crippen molar-refractivity contribution in [1.82, 2.24) is 5.32 Å². The van der Waals surface area contributed by atoms with Crippen LogP contribution in [0.2, 0.25) is 0 Å². The van der Waals surface area contributed by atoms with E-state index >= 15 is 0 Å². The first-order valence-electron chi connectivity index (χ1n) is 6.17. The van der Waals surface area contributed by atoms with E-state index in [1.54, 1.807) is 0 Å². The summed E-state index contributed by atoms with van der Waals surface area (Å²) in [4.78, 5) is 0. The van der Waals surface area contributed by atoms with Crippen LogP contribution in [0.25, 0.3) is 0 Å². The molecule has 1 aromatic carbocycles. The van der Waals surface area contributed by atoms with Gasteiger partial charge >= 0.3 is 0 Å². The van der Waals surface area contributed by atoms with Crippen LogP contribution in [-0.4, -0.2) is 18.6 Å². The summed E-state index contributed by atoms with van der Waals surface area (Å²) in [7, 11) is 0. The van der Waals surface area contributed by atoms with Gasteiger partial charge in [0, 0.05) is 11.8 Å². The minimum Gasteiger partial charge on any atom is -0.309 e. The summed E-state index contributed by atoms with van der Waals surface area (Å²) < 4.78 is 0. The Morgan fingerprint density at radius 3 is 2.62 bits per heavy atom. The fourth-order valence-electron chi connectivity index (χ4n) is 2.13. The maximum absolute atomic E-state index is 3.72. The molecule has 1 saturated carbocycles. The summed E-state index contributed by atoms with van der Waals surface area (Å²) in [6.45, 7) is 1.19. The molecule has 1 aromatic rings. The van der Waals surface area contributed by atoms with Crippen LogP contribution in [0.4, 0.5) is 0 Å². The molecule has 88 valence electrons. The van der Waals surface area contributed by atoms with Crippen LogP contribution < -0.4 is 5.32 Å². The lowest BCUT2D eigenvalue weighted by Gasteiger charge is -2.28. The van der Waals surface area contributed by atoms with E-state index in [0.29, 0.717) is 6.04 Å². The molecule has 1 fully saturated rings. The van der Waals surface area contributed by atoms with Gasteiger partial charge in [0.15, 0.2) is 0 Å². The van der Waals surface area contributed by atoms with E-state index in [2.05, 4.69) is 41.9 Å². The van der Waals surface area contributed by atoms with Gasteiger partial charge in [0.25, 0.3) is 0 Å². The predicted molar refractivity (Wildman–Crippen MR) is 72.9 cm³/mol. The fourth-order valence-corrected chi connectivity index (χ4v) is 2.77. The lowest BCUT2D eigenvalue weighted by Crippen LogP contribution is -2.31. The molecule has 2 heteroatoms. The predicted octanol–water partition coefficient (Wildman–Crippen LogP) is 3.48. The highest BCUT2D eigenvalue weighted by Gasteiger charge is 2.19. The lowest BCUT2D eigenvalue weighted by molar-refractivity contribution is 0.293. The zero-order chi connectivity index (χ0) is 11.2. The molecule has 0 heterocycles. The van der Waals surface area contributed by atoms with Gasteiger partial charge in [-0.2, -0.15) is 11.8 Å². The standard InChI is InChI=1S/C14H21NS/c1-16-11-14(13-8-3-2-4-9-13)15-10-12-6-5-7-12/h2-4,8-9,12,14-15H,5-7,10-11H2,1H3. The minimum absolute atomic E-state index is 0.525. The molecule has 1 unspecified atom stereocenters. The molecule has 1 atom stereocenters. The minimum atomic E-state index is 0.525. The summed E-state index contributed by atoms with van der Waals surface area (Å²) >= 11 is 1.92. The molecule has 0 bridgehead atoms. The summed E-state index contributed by atoms with van der Waals surface area (Å²) in [6.07, 6.45) is 6.47. The van der Waals surface area contributed by atoms with Gasteiger partial charge in [-0.1, -0.05) is 36.8 Å². The van der Waals surface area contributed by atoms with Crippen LogP contribution in [-0.2, 0) is 0 Å². The molecular formula is C14H21NS. The maximum atomic E-state index is 3.72. The molecular weight excluding hydrogens is 214 g/mol. The topological polar surface area (TPSA) is 12.0 Å². The molecule has 0 saturated heterocycles. The van der Waals surface area contributed by atoms with Crippen molar-refractivity contribution < 1.29 is 0 Å². The summed E-state index contributed by atoms with van der Waals surface area (Å²) in [5.74, 6) is 2.10. The third kappa shape index (κ3) is 3.26. The smallest absolute Gasteiger partial charge is 0.0411 e. The van der Waals surface area contributed by atoms with E-state index in [0.717, 1.165) is 11.7 Å². The molecule has 0 amide bonds. The average Bonchev–Trinajstić information content (AvgIpc) is 2.27. The first-order valence-corrected chi connectivity index (χ1v) is 7.57. The Bertz CT molecular complexity index is 295. The van der Waals surface area contributed by atoms with Crippen molar-refractivity contribution in [3.63, 3.8) is 0 Å². The number of rotatable bonds is 6. The monoisotopic (exact) mass is 235 g/mol. The van der Waals surface area contributed by atoms with E-state index in [-0.39, 0.29) is 0 Å². The summed E-state index contributed by atoms with van der Waals surface area (Å²) in [6, 6.07) is 11.3. The molecule has 1 N–H and O–H groups in total. The van der Waals surface area contributed by atoms with Crippen LogP contribution in [0, 0.1) is 5.92 Å².